The highest BCUT2D eigenvalue weighted by Gasteiger charge is 2.32. The number of aliphatic carboxylic acids is 1. The number of phenols is 1. The Labute approximate surface area is 229 Å². The van der Waals surface area contributed by atoms with Crippen LogP contribution < -0.4 is 21.7 Å². The van der Waals surface area contributed by atoms with Crippen LogP contribution in [-0.4, -0.2) is 58.1 Å². The van der Waals surface area contributed by atoms with Gasteiger partial charge in [0.2, 0.25) is 17.7 Å². The van der Waals surface area contributed by atoms with Gasteiger partial charge in [-0.3, -0.25) is 14.4 Å². The van der Waals surface area contributed by atoms with Crippen molar-refractivity contribution in [1.82, 2.24) is 16.0 Å². The molecular weight excluding hydrogens is 500 g/mol. The smallest absolute Gasteiger partial charge is 0.326 e. The van der Waals surface area contributed by atoms with Gasteiger partial charge in [-0.05, 0) is 35.1 Å². The Balaban J connectivity index is 2.20. The highest BCUT2D eigenvalue weighted by Crippen LogP contribution is 2.13. The lowest BCUT2D eigenvalue weighted by Gasteiger charge is -2.28. The van der Waals surface area contributed by atoms with Crippen LogP contribution >= 0.6 is 0 Å². The van der Waals surface area contributed by atoms with E-state index in [0.717, 1.165) is 5.56 Å². The van der Waals surface area contributed by atoms with Crippen molar-refractivity contribution in [1.29, 1.82) is 0 Å². The van der Waals surface area contributed by atoms with Crippen LogP contribution in [-0.2, 0) is 32.0 Å². The van der Waals surface area contributed by atoms with Crippen molar-refractivity contribution in [2.75, 3.05) is 0 Å². The number of hydrogen-bond acceptors (Lipinski definition) is 6. The third-order valence-corrected chi connectivity index (χ3v) is 6.71. The van der Waals surface area contributed by atoms with Crippen molar-refractivity contribution >= 4 is 23.7 Å². The van der Waals surface area contributed by atoms with Gasteiger partial charge in [0.1, 0.15) is 23.9 Å². The van der Waals surface area contributed by atoms with E-state index < -0.39 is 47.9 Å². The summed E-state index contributed by atoms with van der Waals surface area (Å²) in [6.07, 6.45) is 0.853. The van der Waals surface area contributed by atoms with E-state index in [0.29, 0.717) is 12.0 Å². The van der Waals surface area contributed by atoms with Crippen molar-refractivity contribution < 1.29 is 29.4 Å². The van der Waals surface area contributed by atoms with Gasteiger partial charge in [0.15, 0.2) is 0 Å². The van der Waals surface area contributed by atoms with Crippen molar-refractivity contribution in [2.24, 2.45) is 17.6 Å². The summed E-state index contributed by atoms with van der Waals surface area (Å²) >= 11 is 0. The average Bonchev–Trinajstić information content (AvgIpc) is 2.91. The molecule has 2 aromatic carbocycles. The number of nitrogens with two attached hydrogens (primary N) is 1. The molecule has 39 heavy (non-hydrogen) atoms. The summed E-state index contributed by atoms with van der Waals surface area (Å²) < 4.78 is 0. The van der Waals surface area contributed by atoms with Gasteiger partial charge in [-0.1, -0.05) is 76.6 Å². The lowest BCUT2D eigenvalue weighted by atomic mass is 9.97. The predicted molar refractivity (Wildman–Crippen MR) is 148 cm³/mol. The molecule has 0 aliphatic rings. The standard InChI is InChI=1S/C29H40N4O6/c1-5-18(4)24(30)27(36)31-22(15-19-9-7-6-8-10-19)26(35)33-25(17(2)3)28(37)32-23(29(38)39)16-20-11-13-21(34)14-12-20/h6-14,17-18,22-25,34H,5,15-16,30H2,1-4H3,(H,31,36)(H,32,37)(H,33,35)(H,38,39). The second kappa shape index (κ2) is 14.9. The van der Waals surface area contributed by atoms with Crippen molar-refractivity contribution in [2.45, 2.75) is 71.1 Å². The van der Waals surface area contributed by atoms with E-state index >= 15 is 0 Å². The average molecular weight is 541 g/mol. The molecule has 0 aliphatic heterocycles. The molecule has 0 bridgehead atoms. The molecule has 0 aliphatic carbocycles. The fraction of sp³-hybridized carbons (Fsp3) is 0.448. The number of carbonyl (C=O) groups excluding carboxylic acids is 3. The number of carboxylic acids is 1. The first-order valence-electron chi connectivity index (χ1n) is 13.1. The topological polar surface area (TPSA) is 171 Å². The first-order chi connectivity index (χ1) is 18.4. The zero-order valence-electron chi connectivity index (χ0n) is 22.9. The van der Waals surface area contributed by atoms with Crippen LogP contribution in [0.3, 0.4) is 0 Å². The maximum atomic E-state index is 13.4. The first kappa shape index (κ1) is 31.3. The highest BCUT2D eigenvalue weighted by atomic mass is 16.4. The largest absolute Gasteiger partial charge is 0.508 e. The van der Waals surface area contributed by atoms with E-state index in [1.165, 1.54) is 12.1 Å². The number of amides is 3. The van der Waals surface area contributed by atoms with Gasteiger partial charge in [0, 0.05) is 12.8 Å². The zero-order chi connectivity index (χ0) is 29.1. The van der Waals surface area contributed by atoms with Crippen LogP contribution in [0.1, 0.15) is 45.2 Å². The SMILES string of the molecule is CCC(C)C(N)C(=O)NC(Cc1ccccc1)C(=O)NC(C(=O)NC(Cc1ccc(O)cc1)C(=O)O)C(C)C. The molecule has 2 aromatic rings. The van der Waals surface area contributed by atoms with E-state index in [1.54, 1.807) is 26.0 Å². The third-order valence-electron chi connectivity index (χ3n) is 6.71. The number of carbonyl (C=O) groups is 4. The van der Waals surface area contributed by atoms with Gasteiger partial charge in [0.05, 0.1) is 6.04 Å². The fourth-order valence-electron chi connectivity index (χ4n) is 3.96. The van der Waals surface area contributed by atoms with Crippen molar-refractivity contribution in [3.8, 4) is 5.75 Å². The molecule has 0 saturated heterocycles. The second-order valence-electron chi connectivity index (χ2n) is 10.2. The Hall–Kier alpha value is -3.92. The monoisotopic (exact) mass is 540 g/mol. The van der Waals surface area contributed by atoms with Crippen molar-refractivity contribution in [3.05, 3.63) is 65.7 Å². The molecular formula is C29H40N4O6. The minimum absolute atomic E-state index is 0.0136. The first-order valence-corrected chi connectivity index (χ1v) is 13.1. The molecule has 0 aromatic heterocycles. The second-order valence-corrected chi connectivity index (χ2v) is 10.2. The van der Waals surface area contributed by atoms with Gasteiger partial charge >= 0.3 is 5.97 Å². The quantitative estimate of drug-likeness (QED) is 0.212. The molecule has 0 saturated carbocycles. The van der Waals surface area contributed by atoms with Gasteiger partial charge in [-0.15, -0.1) is 0 Å². The van der Waals surface area contributed by atoms with Gasteiger partial charge in [-0.25, -0.2) is 4.79 Å². The lowest BCUT2D eigenvalue weighted by Crippen LogP contribution is -2.59. The third kappa shape index (κ3) is 9.72. The molecule has 0 spiro atoms. The molecule has 0 fully saturated rings. The molecule has 10 nitrogen and oxygen atoms in total. The fourth-order valence-corrected chi connectivity index (χ4v) is 3.96. The van der Waals surface area contributed by atoms with Gasteiger partial charge in [-0.2, -0.15) is 0 Å². The molecule has 212 valence electrons. The minimum Gasteiger partial charge on any atom is -0.508 e. The van der Waals surface area contributed by atoms with E-state index in [2.05, 4.69) is 16.0 Å². The number of benzene rings is 2. The summed E-state index contributed by atoms with van der Waals surface area (Å²) in [7, 11) is 0. The summed E-state index contributed by atoms with van der Waals surface area (Å²) in [4.78, 5) is 51.3. The van der Waals surface area contributed by atoms with E-state index in [4.69, 9.17) is 5.73 Å². The Kier molecular flexibility index (Phi) is 11.9. The molecule has 5 atom stereocenters. The van der Waals surface area contributed by atoms with E-state index in [-0.39, 0.29) is 30.4 Å². The Morgan fingerprint density at radius 2 is 1.31 bits per heavy atom. The van der Waals surface area contributed by atoms with Crippen LogP contribution in [0.5, 0.6) is 5.75 Å². The number of phenolic OH excluding ortho intramolecular Hbond substituents is 1. The van der Waals surface area contributed by atoms with Crippen LogP contribution in [0.4, 0.5) is 0 Å². The molecule has 3 amide bonds. The predicted octanol–water partition coefficient (Wildman–Crippen LogP) is 1.75. The molecule has 0 radical (unpaired) electrons. The number of hydrogen-bond donors (Lipinski definition) is 6. The van der Waals surface area contributed by atoms with Crippen LogP contribution in [0, 0.1) is 11.8 Å². The Bertz CT molecular complexity index is 1110. The van der Waals surface area contributed by atoms with Gasteiger partial charge < -0.3 is 31.9 Å². The van der Waals surface area contributed by atoms with E-state index in [1.807, 2.05) is 44.2 Å². The summed E-state index contributed by atoms with van der Waals surface area (Å²) in [6, 6.07) is 11.0. The number of rotatable bonds is 14. The summed E-state index contributed by atoms with van der Waals surface area (Å²) in [5.41, 5.74) is 7.50. The molecule has 7 N–H and O–H groups in total. The molecule has 2 rings (SSSR count). The molecule has 0 heterocycles. The highest BCUT2D eigenvalue weighted by molar-refractivity contribution is 5.94. The van der Waals surface area contributed by atoms with Crippen LogP contribution in [0.15, 0.2) is 54.6 Å². The maximum absolute atomic E-state index is 13.4. The zero-order valence-corrected chi connectivity index (χ0v) is 22.9. The minimum atomic E-state index is -1.26. The number of carboxylic acid groups (broad SMARTS) is 1. The maximum Gasteiger partial charge on any atom is 0.326 e. The van der Waals surface area contributed by atoms with Crippen molar-refractivity contribution in [3.63, 3.8) is 0 Å². The van der Waals surface area contributed by atoms with E-state index in [9.17, 15) is 29.4 Å². The van der Waals surface area contributed by atoms with Gasteiger partial charge in [0.25, 0.3) is 0 Å². The lowest BCUT2D eigenvalue weighted by molar-refractivity contribution is -0.142. The summed E-state index contributed by atoms with van der Waals surface area (Å²) in [6.45, 7) is 7.23. The molecule has 5 unspecified atom stereocenters. The van der Waals surface area contributed by atoms with Crippen LogP contribution in [0.2, 0.25) is 0 Å². The number of nitrogens with one attached hydrogen (secondary N) is 3. The van der Waals surface area contributed by atoms with Crippen LogP contribution in [0.25, 0.3) is 0 Å². The summed E-state index contributed by atoms with van der Waals surface area (Å²) in [5, 5.41) is 27.1. The Morgan fingerprint density at radius 3 is 1.85 bits per heavy atom. The Morgan fingerprint density at radius 1 is 0.769 bits per heavy atom. The normalized spacial score (nSPS) is 14.9. The summed E-state index contributed by atoms with van der Waals surface area (Å²) in [5.74, 6) is -3.38. The number of aromatic hydroxyl groups is 1. The molecule has 10 heteroatoms.